The van der Waals surface area contributed by atoms with Crippen LogP contribution in [0.2, 0.25) is 0 Å². The van der Waals surface area contributed by atoms with Gasteiger partial charge in [-0.2, -0.15) is 0 Å². The third-order valence-corrected chi connectivity index (χ3v) is 7.06. The van der Waals surface area contributed by atoms with E-state index in [9.17, 15) is 9.46 Å². The van der Waals surface area contributed by atoms with Crippen LogP contribution >= 0.6 is 8.03 Å². The van der Waals surface area contributed by atoms with Gasteiger partial charge in [0, 0.05) is 5.92 Å². The first-order valence-corrected chi connectivity index (χ1v) is 11.3. The molecule has 0 rings (SSSR count). The van der Waals surface area contributed by atoms with Crippen LogP contribution < -0.4 is 4.89 Å². The molecule has 0 radical (unpaired) electrons. The van der Waals surface area contributed by atoms with E-state index in [0.717, 1.165) is 25.7 Å². The molecule has 0 heterocycles. The lowest BCUT2D eigenvalue weighted by Crippen LogP contribution is -2.34. The molecule has 0 fully saturated rings. The van der Waals surface area contributed by atoms with Gasteiger partial charge in [-0.1, -0.05) is 96.5 Å². The second-order valence-corrected chi connectivity index (χ2v) is 8.96. The Morgan fingerprint density at radius 3 is 1.39 bits per heavy atom. The van der Waals surface area contributed by atoms with E-state index in [1.54, 1.807) is 0 Å². The molecule has 0 aromatic heterocycles. The maximum Gasteiger partial charge on any atom is 0.315 e. The van der Waals surface area contributed by atoms with Crippen LogP contribution in [0.5, 0.6) is 0 Å². The fraction of sp³-hybridized carbons (Fsp3) is 1.00. The van der Waals surface area contributed by atoms with Gasteiger partial charge in [-0.15, -0.1) is 0 Å². The lowest BCUT2D eigenvalue weighted by molar-refractivity contribution is -0.171. The fourth-order valence-electron chi connectivity index (χ4n) is 3.52. The summed E-state index contributed by atoms with van der Waals surface area (Å²) in [5.74, 6) is 0.231. The van der Waals surface area contributed by atoms with Gasteiger partial charge < -0.3 is 4.89 Å². The first kappa shape index (κ1) is 23.1. The summed E-state index contributed by atoms with van der Waals surface area (Å²) in [6.45, 7) is 8.65. The van der Waals surface area contributed by atoms with Crippen LogP contribution in [0.25, 0.3) is 0 Å². The Hall–Kier alpha value is 0.0600. The van der Waals surface area contributed by atoms with Crippen LogP contribution in [0.15, 0.2) is 0 Å². The minimum Gasteiger partial charge on any atom is -0.595 e. The predicted molar refractivity (Wildman–Crippen MR) is 101 cm³/mol. The Morgan fingerprint density at radius 1 is 0.739 bits per heavy atom. The smallest absolute Gasteiger partial charge is 0.315 e. The van der Waals surface area contributed by atoms with Gasteiger partial charge in [0.15, 0.2) is 5.16 Å². The molecule has 0 saturated carbocycles. The molecule has 138 valence electrons. The van der Waals surface area contributed by atoms with Crippen LogP contribution in [0.3, 0.4) is 0 Å². The zero-order valence-corrected chi connectivity index (χ0v) is 17.1. The maximum absolute atomic E-state index is 12.0. The highest BCUT2D eigenvalue weighted by Gasteiger charge is 2.44. The lowest BCUT2D eigenvalue weighted by Gasteiger charge is -2.29. The van der Waals surface area contributed by atoms with E-state index >= 15 is 0 Å². The van der Waals surface area contributed by atoms with Gasteiger partial charge >= 0.3 is 8.03 Å². The summed E-state index contributed by atoms with van der Waals surface area (Å²) in [6.07, 6.45) is 16.5. The average molecular weight is 345 g/mol. The molecule has 0 N–H and O–H groups in total. The molecule has 2 nitrogen and oxygen atoms in total. The molecule has 0 spiro atoms. The normalized spacial score (nSPS) is 12.9. The molecule has 1 atom stereocenters. The summed E-state index contributed by atoms with van der Waals surface area (Å²) < 4.78 is 12.0. The summed E-state index contributed by atoms with van der Waals surface area (Å²) in [7, 11) is -2.34. The molecule has 0 bridgehead atoms. The van der Waals surface area contributed by atoms with Crippen LogP contribution in [0.1, 0.15) is 118 Å². The maximum atomic E-state index is 12.0. The Labute approximate surface area is 146 Å². The van der Waals surface area contributed by atoms with Gasteiger partial charge in [-0.25, -0.2) is 0 Å². The van der Waals surface area contributed by atoms with Crippen molar-refractivity contribution >= 4 is 8.03 Å². The number of hydrogen-bond donors (Lipinski definition) is 0. The molecule has 0 saturated heterocycles. The second kappa shape index (κ2) is 14.4. The molecule has 3 heteroatoms. The van der Waals surface area contributed by atoms with Crippen molar-refractivity contribution in [2.75, 3.05) is 0 Å². The van der Waals surface area contributed by atoms with Crippen LogP contribution in [0.4, 0.5) is 0 Å². The highest BCUT2D eigenvalue weighted by Crippen LogP contribution is 2.47. The van der Waals surface area contributed by atoms with Gasteiger partial charge in [0.25, 0.3) is 0 Å². The lowest BCUT2D eigenvalue weighted by atomic mass is 9.84. The van der Waals surface area contributed by atoms with Crippen molar-refractivity contribution in [3.05, 3.63) is 0 Å². The van der Waals surface area contributed by atoms with Crippen LogP contribution in [-0.2, 0) is 4.57 Å². The third-order valence-electron chi connectivity index (χ3n) is 5.36. The van der Waals surface area contributed by atoms with Crippen molar-refractivity contribution in [1.29, 1.82) is 0 Å². The van der Waals surface area contributed by atoms with Gasteiger partial charge in [-0.3, -0.25) is 0 Å². The summed E-state index contributed by atoms with van der Waals surface area (Å²) in [5, 5.41) is -0.454. The molecular formula is C20H41O2P. The van der Waals surface area contributed by atoms with E-state index < -0.39 is 13.2 Å². The Bertz CT molecular complexity index is 273. The van der Waals surface area contributed by atoms with Gasteiger partial charge in [0.05, 0.1) is 0 Å². The van der Waals surface area contributed by atoms with E-state index in [1.807, 2.05) is 0 Å². The third kappa shape index (κ3) is 9.82. The average Bonchev–Trinajstić information content (AvgIpc) is 2.51. The Balaban J connectivity index is 4.27. The van der Waals surface area contributed by atoms with Crippen molar-refractivity contribution in [3.8, 4) is 0 Å². The highest BCUT2D eigenvalue weighted by molar-refractivity contribution is 7.38. The first-order chi connectivity index (χ1) is 11.0. The van der Waals surface area contributed by atoms with E-state index in [1.165, 1.54) is 64.2 Å². The van der Waals surface area contributed by atoms with Gasteiger partial charge in [-0.05, 0) is 25.7 Å². The summed E-state index contributed by atoms with van der Waals surface area (Å²) >= 11 is 0. The van der Waals surface area contributed by atoms with Crippen molar-refractivity contribution < 1.29 is 9.46 Å². The number of hydrogen-bond acceptors (Lipinski definition) is 2. The standard InChI is InChI=1S/C20H41O2P/c1-5-7-9-11-13-15-17-20(19(3)4,23(21)22)18-16-14-12-10-8-6-2/h19H,5-18H2,1-4H3. The minimum absolute atomic E-state index is 0.231. The summed E-state index contributed by atoms with van der Waals surface area (Å²) in [5.41, 5.74) is 0. The molecule has 0 aliphatic rings. The van der Waals surface area contributed by atoms with Gasteiger partial charge in [0.1, 0.15) is 0 Å². The Morgan fingerprint density at radius 2 is 1.09 bits per heavy atom. The van der Waals surface area contributed by atoms with E-state index in [2.05, 4.69) is 27.7 Å². The summed E-state index contributed by atoms with van der Waals surface area (Å²) in [4.78, 5) is 12.0. The molecule has 23 heavy (non-hydrogen) atoms. The monoisotopic (exact) mass is 344 g/mol. The fourth-order valence-corrected chi connectivity index (χ4v) is 4.62. The minimum atomic E-state index is -2.34. The topological polar surface area (TPSA) is 40.1 Å². The molecular weight excluding hydrogens is 303 g/mol. The number of rotatable bonds is 16. The van der Waals surface area contributed by atoms with Crippen molar-refractivity contribution in [2.45, 2.75) is 123 Å². The molecule has 1 unspecified atom stereocenters. The molecule has 0 amide bonds. The quantitative estimate of drug-likeness (QED) is 0.224. The van der Waals surface area contributed by atoms with Crippen molar-refractivity contribution in [3.63, 3.8) is 0 Å². The van der Waals surface area contributed by atoms with Gasteiger partial charge in [0.2, 0.25) is 0 Å². The van der Waals surface area contributed by atoms with E-state index in [-0.39, 0.29) is 5.92 Å². The zero-order chi connectivity index (χ0) is 17.6. The molecule has 0 aromatic rings. The Kier molecular flexibility index (Phi) is 14.4. The van der Waals surface area contributed by atoms with E-state index in [0.29, 0.717) is 0 Å². The predicted octanol–water partition coefficient (Wildman–Crippen LogP) is 6.99. The van der Waals surface area contributed by atoms with Crippen LogP contribution in [-0.4, -0.2) is 5.16 Å². The molecule has 0 aromatic carbocycles. The SMILES string of the molecule is CCCCCCCCC(CCCCCCCC)(C(C)C)[P+](=O)[O-]. The zero-order valence-electron chi connectivity index (χ0n) is 16.2. The van der Waals surface area contributed by atoms with Crippen molar-refractivity contribution in [1.82, 2.24) is 0 Å². The largest absolute Gasteiger partial charge is 0.595 e. The highest BCUT2D eigenvalue weighted by atomic mass is 31.1. The summed E-state index contributed by atoms with van der Waals surface area (Å²) in [6, 6.07) is 0. The van der Waals surface area contributed by atoms with Crippen LogP contribution in [0, 0.1) is 5.92 Å². The molecule has 0 aliphatic carbocycles. The number of unbranched alkanes of at least 4 members (excludes halogenated alkanes) is 10. The van der Waals surface area contributed by atoms with Crippen molar-refractivity contribution in [2.24, 2.45) is 5.92 Å². The first-order valence-electron chi connectivity index (χ1n) is 10.2. The molecule has 0 aliphatic heterocycles. The second-order valence-electron chi connectivity index (χ2n) is 7.55. The van der Waals surface area contributed by atoms with E-state index in [4.69, 9.17) is 0 Å².